The van der Waals surface area contributed by atoms with Crippen molar-refractivity contribution in [2.45, 2.75) is 0 Å². The number of benzene rings is 1. The second-order valence-corrected chi connectivity index (χ2v) is 4.24. The molecule has 0 aliphatic rings. The third kappa shape index (κ3) is 2.91. The number of halogens is 2. The number of hydrogen-bond acceptors (Lipinski definition) is 6. The van der Waals surface area contributed by atoms with Crippen LogP contribution in [-0.4, -0.2) is 17.1 Å². The van der Waals surface area contributed by atoms with Crippen LogP contribution < -0.4 is 20.7 Å². The summed E-state index contributed by atoms with van der Waals surface area (Å²) in [4.78, 5) is 7.80. The molecule has 0 bridgehead atoms. The molecule has 0 aliphatic heterocycles. The van der Waals surface area contributed by atoms with Crippen molar-refractivity contribution in [3.8, 4) is 17.4 Å². The molecule has 8 heteroatoms. The Kier molecular flexibility index (Phi) is 4.13. The highest BCUT2D eigenvalue weighted by atomic mass is 79.9. The number of nitrogens with zero attached hydrogens (tertiary/aromatic N) is 2. The van der Waals surface area contributed by atoms with Crippen LogP contribution in [0, 0.1) is 5.82 Å². The molecule has 2 aromatic rings. The number of hydrazine groups is 1. The molecule has 19 heavy (non-hydrogen) atoms. The lowest BCUT2D eigenvalue weighted by atomic mass is 10.3. The molecule has 0 atom stereocenters. The van der Waals surface area contributed by atoms with Gasteiger partial charge in [0, 0.05) is 6.07 Å². The molecule has 0 saturated heterocycles. The number of anilines is 1. The van der Waals surface area contributed by atoms with Crippen LogP contribution in [-0.2, 0) is 0 Å². The molecule has 0 unspecified atom stereocenters. The van der Waals surface area contributed by atoms with Gasteiger partial charge in [0.1, 0.15) is 17.9 Å². The lowest BCUT2D eigenvalue weighted by Crippen LogP contribution is -2.11. The van der Waals surface area contributed by atoms with Gasteiger partial charge in [-0.15, -0.1) is 0 Å². The summed E-state index contributed by atoms with van der Waals surface area (Å²) >= 11 is 3.25. The first kappa shape index (κ1) is 13.5. The molecule has 3 N–H and O–H groups in total. The van der Waals surface area contributed by atoms with Crippen molar-refractivity contribution in [2.75, 3.05) is 12.5 Å². The fraction of sp³-hybridized carbons (Fsp3) is 0.0909. The highest BCUT2D eigenvalue weighted by Crippen LogP contribution is 2.36. The molecule has 2 rings (SSSR count). The van der Waals surface area contributed by atoms with E-state index in [0.29, 0.717) is 4.47 Å². The average molecular weight is 329 g/mol. The summed E-state index contributed by atoms with van der Waals surface area (Å²) in [6.45, 7) is 0. The van der Waals surface area contributed by atoms with Gasteiger partial charge in [-0.1, -0.05) is 0 Å². The van der Waals surface area contributed by atoms with Gasteiger partial charge in [-0.3, -0.25) is 0 Å². The second kappa shape index (κ2) is 5.81. The molecule has 0 spiro atoms. The van der Waals surface area contributed by atoms with Crippen LogP contribution in [0.25, 0.3) is 0 Å². The number of hydrogen-bond donors (Lipinski definition) is 2. The molecule has 1 aromatic carbocycles. The number of rotatable bonds is 4. The molecule has 0 radical (unpaired) electrons. The Labute approximate surface area is 116 Å². The lowest BCUT2D eigenvalue weighted by Gasteiger charge is -2.12. The van der Waals surface area contributed by atoms with E-state index in [-0.39, 0.29) is 23.2 Å². The van der Waals surface area contributed by atoms with E-state index < -0.39 is 5.82 Å². The predicted molar refractivity (Wildman–Crippen MR) is 70.6 cm³/mol. The van der Waals surface area contributed by atoms with E-state index in [1.165, 1.54) is 31.6 Å². The van der Waals surface area contributed by atoms with E-state index >= 15 is 0 Å². The fourth-order valence-electron chi connectivity index (χ4n) is 1.38. The zero-order valence-corrected chi connectivity index (χ0v) is 11.4. The minimum Gasteiger partial charge on any atom is -0.489 e. The quantitative estimate of drug-likeness (QED) is 0.662. The van der Waals surface area contributed by atoms with Gasteiger partial charge in [0.15, 0.2) is 5.82 Å². The molecule has 0 aliphatic carbocycles. The molecule has 0 saturated carbocycles. The molecule has 1 heterocycles. The van der Waals surface area contributed by atoms with E-state index in [4.69, 9.17) is 15.3 Å². The van der Waals surface area contributed by atoms with Crippen LogP contribution in [0.1, 0.15) is 0 Å². The number of nitrogens with one attached hydrogen (secondary N) is 1. The van der Waals surface area contributed by atoms with Gasteiger partial charge in [0.05, 0.1) is 11.6 Å². The van der Waals surface area contributed by atoms with E-state index in [1.54, 1.807) is 0 Å². The summed E-state index contributed by atoms with van der Waals surface area (Å²) in [5, 5.41) is 0. The number of nitrogen functional groups attached to an aromatic ring is 1. The van der Waals surface area contributed by atoms with Crippen LogP contribution in [0.2, 0.25) is 0 Å². The number of methoxy groups -OCH3 is 1. The first-order chi connectivity index (χ1) is 9.15. The largest absolute Gasteiger partial charge is 0.489 e. The molecule has 0 fully saturated rings. The molecule has 100 valence electrons. The average Bonchev–Trinajstić information content (AvgIpc) is 2.42. The van der Waals surface area contributed by atoms with Crippen molar-refractivity contribution in [3.63, 3.8) is 0 Å². The first-order valence-electron chi connectivity index (χ1n) is 5.14. The summed E-state index contributed by atoms with van der Waals surface area (Å²) in [5.74, 6) is 5.74. The third-order valence-corrected chi connectivity index (χ3v) is 2.87. The van der Waals surface area contributed by atoms with Crippen LogP contribution >= 0.6 is 15.9 Å². The zero-order valence-electron chi connectivity index (χ0n) is 9.85. The monoisotopic (exact) mass is 328 g/mol. The summed E-state index contributed by atoms with van der Waals surface area (Å²) < 4.78 is 24.4. The lowest BCUT2D eigenvalue weighted by molar-refractivity contribution is 0.367. The van der Waals surface area contributed by atoms with Crippen LogP contribution in [0.3, 0.4) is 0 Å². The third-order valence-electron chi connectivity index (χ3n) is 2.21. The molecule has 0 amide bonds. The van der Waals surface area contributed by atoms with Gasteiger partial charge in [0.25, 0.3) is 5.88 Å². The second-order valence-electron chi connectivity index (χ2n) is 3.38. The minimum atomic E-state index is -0.427. The molecule has 1 aromatic heterocycles. The first-order valence-corrected chi connectivity index (χ1v) is 5.93. The minimum absolute atomic E-state index is 0.122. The Bertz CT molecular complexity index is 597. The van der Waals surface area contributed by atoms with Crippen LogP contribution in [0.4, 0.5) is 10.2 Å². The Morgan fingerprint density at radius 3 is 2.84 bits per heavy atom. The maximum Gasteiger partial charge on any atom is 0.268 e. The van der Waals surface area contributed by atoms with Gasteiger partial charge in [-0.2, -0.15) is 4.98 Å². The summed E-state index contributed by atoms with van der Waals surface area (Å²) in [5.41, 5.74) is 2.36. The van der Waals surface area contributed by atoms with E-state index in [1.807, 2.05) is 0 Å². The van der Waals surface area contributed by atoms with Crippen molar-refractivity contribution in [3.05, 3.63) is 34.8 Å². The van der Waals surface area contributed by atoms with Gasteiger partial charge in [0.2, 0.25) is 5.75 Å². The SMILES string of the molecule is COc1c(NN)ncnc1Oc1cc(F)ccc1Br. The van der Waals surface area contributed by atoms with E-state index in [0.717, 1.165) is 0 Å². The highest BCUT2D eigenvalue weighted by molar-refractivity contribution is 9.10. The topological polar surface area (TPSA) is 82.3 Å². The number of ether oxygens (including phenoxy) is 2. The van der Waals surface area contributed by atoms with Crippen molar-refractivity contribution in [1.82, 2.24) is 9.97 Å². The Morgan fingerprint density at radius 2 is 2.16 bits per heavy atom. The van der Waals surface area contributed by atoms with E-state index in [9.17, 15) is 4.39 Å². The summed E-state index contributed by atoms with van der Waals surface area (Å²) in [6.07, 6.45) is 1.25. The molecular weight excluding hydrogens is 319 g/mol. The van der Waals surface area contributed by atoms with Crippen molar-refractivity contribution in [1.29, 1.82) is 0 Å². The van der Waals surface area contributed by atoms with Gasteiger partial charge >= 0.3 is 0 Å². The predicted octanol–water partition coefficient (Wildman–Crippen LogP) is 2.46. The fourth-order valence-corrected chi connectivity index (χ4v) is 1.70. The Balaban J connectivity index is 2.40. The normalized spacial score (nSPS) is 10.1. The zero-order chi connectivity index (χ0) is 13.8. The van der Waals surface area contributed by atoms with Gasteiger partial charge in [-0.05, 0) is 28.1 Å². The van der Waals surface area contributed by atoms with E-state index in [2.05, 4.69) is 31.3 Å². The van der Waals surface area contributed by atoms with Gasteiger partial charge < -0.3 is 14.9 Å². The van der Waals surface area contributed by atoms with Crippen molar-refractivity contribution in [2.24, 2.45) is 5.84 Å². The molecular formula is C11H10BrFN4O2. The summed E-state index contributed by atoms with van der Waals surface area (Å²) in [7, 11) is 1.42. The standard InChI is InChI=1S/C11H10BrFN4O2/c1-18-9-10(17-14)15-5-16-11(9)19-8-4-6(13)2-3-7(8)12/h2-5H,14H2,1H3,(H,15,16,17). The smallest absolute Gasteiger partial charge is 0.268 e. The van der Waals surface area contributed by atoms with Gasteiger partial charge in [-0.25, -0.2) is 15.2 Å². The molecule has 6 nitrogen and oxygen atoms in total. The number of nitrogens with two attached hydrogens (primary N) is 1. The van der Waals surface area contributed by atoms with Crippen molar-refractivity contribution < 1.29 is 13.9 Å². The maximum absolute atomic E-state index is 13.2. The van der Waals surface area contributed by atoms with Crippen LogP contribution in [0.5, 0.6) is 17.4 Å². The highest BCUT2D eigenvalue weighted by Gasteiger charge is 2.15. The Hall–Kier alpha value is -1.93. The maximum atomic E-state index is 13.2. The Morgan fingerprint density at radius 1 is 1.37 bits per heavy atom. The number of aromatic nitrogens is 2. The summed E-state index contributed by atoms with van der Waals surface area (Å²) in [6, 6.07) is 4.06. The van der Waals surface area contributed by atoms with Crippen LogP contribution in [0.15, 0.2) is 29.0 Å². The van der Waals surface area contributed by atoms with Crippen molar-refractivity contribution >= 4 is 21.7 Å².